The molecule has 146 valence electrons. The third-order valence-electron chi connectivity index (χ3n) is 4.15. The molecule has 0 spiro atoms. The van der Waals surface area contributed by atoms with E-state index in [4.69, 9.17) is 27.9 Å². The summed E-state index contributed by atoms with van der Waals surface area (Å²) in [5, 5.41) is 11.0. The van der Waals surface area contributed by atoms with Gasteiger partial charge in [-0.15, -0.1) is 10.2 Å². The van der Waals surface area contributed by atoms with Crippen LogP contribution < -0.4 is 4.74 Å². The second kappa shape index (κ2) is 9.35. The van der Waals surface area contributed by atoms with Crippen molar-refractivity contribution >= 4 is 35.0 Å². The van der Waals surface area contributed by atoms with Crippen molar-refractivity contribution in [1.29, 1.82) is 0 Å². The zero-order valence-corrected chi connectivity index (χ0v) is 17.7. The lowest BCUT2D eigenvalue weighted by molar-refractivity contribution is 0.293. The van der Waals surface area contributed by atoms with Gasteiger partial charge in [-0.1, -0.05) is 65.3 Å². The Balaban J connectivity index is 1.57. The van der Waals surface area contributed by atoms with Gasteiger partial charge in [0.1, 0.15) is 12.4 Å². The second-order valence-corrected chi connectivity index (χ2v) is 8.05. The highest BCUT2D eigenvalue weighted by Crippen LogP contribution is 2.27. The summed E-state index contributed by atoms with van der Waals surface area (Å²) < 4.78 is 7.91. The van der Waals surface area contributed by atoms with E-state index in [-0.39, 0.29) is 0 Å². The second-order valence-electron chi connectivity index (χ2n) is 6.23. The Labute approximate surface area is 183 Å². The molecule has 7 heteroatoms. The van der Waals surface area contributed by atoms with E-state index in [0.29, 0.717) is 11.6 Å². The molecule has 0 saturated heterocycles. The van der Waals surface area contributed by atoms with Gasteiger partial charge in [0.2, 0.25) is 0 Å². The zero-order chi connectivity index (χ0) is 20.1. The van der Waals surface area contributed by atoms with Gasteiger partial charge in [-0.05, 0) is 54.1 Å². The summed E-state index contributed by atoms with van der Waals surface area (Å²) in [6.45, 7) is 0.293. The highest BCUT2D eigenvalue weighted by molar-refractivity contribution is 7.98. The molecule has 0 radical (unpaired) electrons. The molecule has 0 saturated carbocycles. The molecule has 0 aliphatic rings. The fraction of sp³-hybridized carbons (Fsp3) is 0.0909. The van der Waals surface area contributed by atoms with Crippen LogP contribution in [0.25, 0.3) is 5.69 Å². The first-order valence-electron chi connectivity index (χ1n) is 8.94. The molecule has 4 rings (SSSR count). The average Bonchev–Trinajstić information content (AvgIpc) is 3.15. The van der Waals surface area contributed by atoms with E-state index in [9.17, 15) is 0 Å². The molecular weight excluding hydrogens is 425 g/mol. The quantitative estimate of drug-likeness (QED) is 0.309. The third kappa shape index (κ3) is 5.12. The van der Waals surface area contributed by atoms with Crippen molar-refractivity contribution < 1.29 is 4.74 Å². The van der Waals surface area contributed by atoms with E-state index >= 15 is 0 Å². The van der Waals surface area contributed by atoms with E-state index < -0.39 is 0 Å². The molecule has 0 amide bonds. The average molecular weight is 442 g/mol. The Bertz CT molecular complexity index is 1080. The molecule has 3 aromatic carbocycles. The lowest BCUT2D eigenvalue weighted by atomic mass is 10.2. The summed E-state index contributed by atoms with van der Waals surface area (Å²) in [5.74, 6) is 2.19. The van der Waals surface area contributed by atoms with Crippen LogP contribution in [0.15, 0.2) is 84.0 Å². The number of nitrogens with zero attached hydrogens (tertiary/aromatic N) is 3. The Morgan fingerprint density at radius 2 is 1.62 bits per heavy atom. The van der Waals surface area contributed by atoms with Crippen molar-refractivity contribution in [2.75, 3.05) is 0 Å². The number of halogens is 2. The first-order valence-corrected chi connectivity index (χ1v) is 10.7. The molecule has 0 aliphatic heterocycles. The molecule has 4 aromatic rings. The van der Waals surface area contributed by atoms with E-state index in [1.165, 1.54) is 0 Å². The molecule has 0 bridgehead atoms. The molecule has 1 heterocycles. The van der Waals surface area contributed by atoms with Gasteiger partial charge < -0.3 is 4.74 Å². The normalized spacial score (nSPS) is 10.8. The van der Waals surface area contributed by atoms with Crippen molar-refractivity contribution in [1.82, 2.24) is 14.8 Å². The fourth-order valence-electron chi connectivity index (χ4n) is 2.78. The summed E-state index contributed by atoms with van der Waals surface area (Å²) in [6.07, 6.45) is 0. The molecule has 0 aliphatic carbocycles. The van der Waals surface area contributed by atoms with Gasteiger partial charge in [0.15, 0.2) is 11.0 Å². The van der Waals surface area contributed by atoms with E-state index in [1.54, 1.807) is 23.9 Å². The first kappa shape index (κ1) is 19.8. The highest BCUT2D eigenvalue weighted by Gasteiger charge is 2.15. The van der Waals surface area contributed by atoms with E-state index in [1.807, 2.05) is 71.3 Å². The first-order chi connectivity index (χ1) is 14.2. The highest BCUT2D eigenvalue weighted by atomic mass is 35.5. The molecule has 0 atom stereocenters. The summed E-state index contributed by atoms with van der Waals surface area (Å²) in [4.78, 5) is 0. The van der Waals surface area contributed by atoms with Gasteiger partial charge in [-0.2, -0.15) is 0 Å². The fourth-order valence-corrected chi connectivity index (χ4v) is 4.03. The minimum Gasteiger partial charge on any atom is -0.486 e. The maximum atomic E-state index is 6.10. The number of benzene rings is 3. The standard InChI is InChI=1S/C22H17Cl2N3OS/c23-17-9-11-20(12-10-17)28-14-21-25-26-22(27(21)19-7-2-1-3-8-19)29-15-16-5-4-6-18(24)13-16/h1-13H,14-15H2. The van der Waals surface area contributed by atoms with Gasteiger partial charge in [-0.3, -0.25) is 4.57 Å². The summed E-state index contributed by atoms with van der Waals surface area (Å²) in [5.41, 5.74) is 2.12. The monoisotopic (exact) mass is 441 g/mol. The van der Waals surface area contributed by atoms with Crippen molar-refractivity contribution in [3.05, 3.63) is 100 Å². The van der Waals surface area contributed by atoms with Crippen LogP contribution in [0.3, 0.4) is 0 Å². The van der Waals surface area contributed by atoms with Gasteiger partial charge in [0.05, 0.1) is 0 Å². The Kier molecular flexibility index (Phi) is 6.39. The number of ether oxygens (including phenoxy) is 1. The lowest BCUT2D eigenvalue weighted by Gasteiger charge is -2.11. The Morgan fingerprint density at radius 1 is 0.828 bits per heavy atom. The molecule has 0 fully saturated rings. The number of hydrogen-bond acceptors (Lipinski definition) is 4. The Morgan fingerprint density at radius 3 is 2.38 bits per heavy atom. The van der Waals surface area contributed by atoms with Crippen LogP contribution in [0.5, 0.6) is 5.75 Å². The zero-order valence-electron chi connectivity index (χ0n) is 15.3. The molecule has 29 heavy (non-hydrogen) atoms. The summed E-state index contributed by atoms with van der Waals surface area (Å²) in [7, 11) is 0. The molecule has 4 nitrogen and oxygen atoms in total. The molecule has 0 unspecified atom stereocenters. The largest absolute Gasteiger partial charge is 0.486 e. The number of thioether (sulfide) groups is 1. The van der Waals surface area contributed by atoms with Crippen LogP contribution in [0.1, 0.15) is 11.4 Å². The predicted molar refractivity (Wildman–Crippen MR) is 118 cm³/mol. The minimum atomic E-state index is 0.293. The van der Waals surface area contributed by atoms with Crippen molar-refractivity contribution in [3.8, 4) is 11.4 Å². The lowest BCUT2D eigenvalue weighted by Crippen LogP contribution is -2.06. The minimum absolute atomic E-state index is 0.293. The van der Waals surface area contributed by atoms with Crippen molar-refractivity contribution in [2.45, 2.75) is 17.5 Å². The van der Waals surface area contributed by atoms with Crippen LogP contribution >= 0.6 is 35.0 Å². The number of para-hydroxylation sites is 1. The van der Waals surface area contributed by atoms with Gasteiger partial charge in [-0.25, -0.2) is 0 Å². The van der Waals surface area contributed by atoms with Crippen molar-refractivity contribution in [3.63, 3.8) is 0 Å². The van der Waals surface area contributed by atoms with Gasteiger partial charge in [0.25, 0.3) is 0 Å². The maximum absolute atomic E-state index is 6.10. The third-order valence-corrected chi connectivity index (χ3v) is 5.64. The molecule has 0 N–H and O–H groups in total. The van der Waals surface area contributed by atoms with Gasteiger partial charge >= 0.3 is 0 Å². The predicted octanol–water partition coefficient (Wildman–Crippen LogP) is 6.45. The van der Waals surface area contributed by atoms with E-state index in [2.05, 4.69) is 10.2 Å². The summed E-state index contributed by atoms with van der Waals surface area (Å²) >= 11 is 13.6. The van der Waals surface area contributed by atoms with Gasteiger partial charge in [0, 0.05) is 21.5 Å². The number of hydrogen-bond donors (Lipinski definition) is 0. The van der Waals surface area contributed by atoms with Crippen molar-refractivity contribution in [2.24, 2.45) is 0 Å². The SMILES string of the molecule is Clc1ccc(OCc2nnc(SCc3cccc(Cl)c3)n2-c2ccccc2)cc1. The Hall–Kier alpha value is -2.47. The van der Waals surface area contributed by atoms with Crippen LogP contribution in [0.4, 0.5) is 0 Å². The van der Waals surface area contributed by atoms with Crippen LogP contribution in [-0.2, 0) is 12.4 Å². The van der Waals surface area contributed by atoms with E-state index in [0.717, 1.165) is 38.8 Å². The maximum Gasteiger partial charge on any atom is 0.196 e. The topological polar surface area (TPSA) is 39.9 Å². The molecule has 1 aromatic heterocycles. The van der Waals surface area contributed by atoms with Crippen LogP contribution in [0, 0.1) is 0 Å². The molecular formula is C22H17Cl2N3OS. The number of aromatic nitrogens is 3. The van der Waals surface area contributed by atoms with Crippen LogP contribution in [0.2, 0.25) is 10.0 Å². The van der Waals surface area contributed by atoms with Crippen LogP contribution in [-0.4, -0.2) is 14.8 Å². The smallest absolute Gasteiger partial charge is 0.196 e. The summed E-state index contributed by atoms with van der Waals surface area (Å²) in [6, 6.07) is 25.1. The number of rotatable bonds is 7.